The molecule has 0 fully saturated rings. The zero-order valence-corrected chi connectivity index (χ0v) is 10.8. The van der Waals surface area contributed by atoms with E-state index in [0.29, 0.717) is 0 Å². The third kappa shape index (κ3) is 4.41. The number of hydrogen-bond donors (Lipinski definition) is 5. The average molecular weight is 302 g/mol. The molecule has 0 heterocycles. The fourth-order valence-corrected chi connectivity index (χ4v) is 1.43. The normalized spacial score (nSPS) is 11.5. The molecule has 1 atom stereocenters. The van der Waals surface area contributed by atoms with Crippen LogP contribution in [-0.4, -0.2) is 40.8 Å². The summed E-state index contributed by atoms with van der Waals surface area (Å²) in [6, 6.07) is 1.98. The zero-order valence-electron chi connectivity index (χ0n) is 10.1. The fraction of sp³-hybridized carbons (Fsp3) is 0.182. The highest BCUT2D eigenvalue weighted by atomic mass is 35.5. The molecule has 2 amide bonds. The van der Waals surface area contributed by atoms with Gasteiger partial charge in [0.1, 0.15) is 6.04 Å². The lowest BCUT2D eigenvalue weighted by molar-refractivity contribution is -0.138. The second-order valence-corrected chi connectivity index (χ2v) is 4.19. The number of aliphatic carboxylic acids is 1. The van der Waals surface area contributed by atoms with Gasteiger partial charge in [0, 0.05) is 12.2 Å². The number of carboxylic acids is 2. The van der Waals surface area contributed by atoms with Crippen LogP contribution < -0.4 is 16.4 Å². The van der Waals surface area contributed by atoms with Gasteiger partial charge in [-0.1, -0.05) is 11.6 Å². The first-order valence-electron chi connectivity index (χ1n) is 5.37. The number of rotatable bonds is 5. The second-order valence-electron chi connectivity index (χ2n) is 3.78. The summed E-state index contributed by atoms with van der Waals surface area (Å²) >= 11 is 5.67. The summed E-state index contributed by atoms with van der Waals surface area (Å²) in [5.74, 6) is -2.48. The van der Waals surface area contributed by atoms with Crippen LogP contribution in [0.1, 0.15) is 10.4 Å². The smallest absolute Gasteiger partial charge is 0.337 e. The molecule has 0 bridgehead atoms. The van der Waals surface area contributed by atoms with E-state index in [1.54, 1.807) is 0 Å². The van der Waals surface area contributed by atoms with Gasteiger partial charge in [0.25, 0.3) is 0 Å². The van der Waals surface area contributed by atoms with E-state index in [2.05, 4.69) is 10.6 Å². The molecule has 9 heteroatoms. The second kappa shape index (κ2) is 6.73. The van der Waals surface area contributed by atoms with Crippen molar-refractivity contribution in [1.82, 2.24) is 5.32 Å². The Labute approximate surface area is 118 Å². The van der Waals surface area contributed by atoms with Gasteiger partial charge in [-0.2, -0.15) is 0 Å². The van der Waals surface area contributed by atoms with E-state index in [4.69, 9.17) is 27.5 Å². The largest absolute Gasteiger partial charge is 0.480 e. The molecule has 1 unspecified atom stereocenters. The maximum atomic E-state index is 11.5. The molecule has 8 nitrogen and oxygen atoms in total. The Hall–Kier alpha value is -2.32. The standard InChI is InChI=1S/C11H12ClN3O5/c12-7-2-1-5(3-6(7)9(16)17)15-11(20)14-4-8(13)10(18)19/h1-3,8H,4,13H2,(H,16,17)(H,18,19)(H2,14,15,20). The SMILES string of the molecule is NC(CNC(=O)Nc1ccc(Cl)c(C(=O)O)c1)C(=O)O. The minimum atomic E-state index is -1.25. The molecule has 0 saturated carbocycles. The van der Waals surface area contributed by atoms with Crippen molar-refractivity contribution in [3.05, 3.63) is 28.8 Å². The van der Waals surface area contributed by atoms with Gasteiger partial charge in [-0.05, 0) is 18.2 Å². The number of aromatic carboxylic acids is 1. The maximum absolute atomic E-state index is 11.5. The van der Waals surface area contributed by atoms with E-state index in [0.717, 1.165) is 0 Å². The van der Waals surface area contributed by atoms with Crippen molar-refractivity contribution in [2.45, 2.75) is 6.04 Å². The first kappa shape index (κ1) is 15.7. The lowest BCUT2D eigenvalue weighted by Crippen LogP contribution is -2.43. The fourth-order valence-electron chi connectivity index (χ4n) is 1.23. The van der Waals surface area contributed by atoms with Crippen molar-refractivity contribution in [2.75, 3.05) is 11.9 Å². The van der Waals surface area contributed by atoms with E-state index < -0.39 is 24.0 Å². The van der Waals surface area contributed by atoms with E-state index in [1.807, 2.05) is 0 Å². The molecule has 0 spiro atoms. The minimum absolute atomic E-state index is 0.0383. The van der Waals surface area contributed by atoms with Crippen LogP contribution in [0, 0.1) is 0 Å². The van der Waals surface area contributed by atoms with Gasteiger partial charge in [0.2, 0.25) is 0 Å². The number of nitrogens with one attached hydrogen (secondary N) is 2. The molecule has 1 aromatic carbocycles. The highest BCUT2D eigenvalue weighted by molar-refractivity contribution is 6.33. The van der Waals surface area contributed by atoms with Crippen molar-refractivity contribution < 1.29 is 24.6 Å². The van der Waals surface area contributed by atoms with E-state index in [1.165, 1.54) is 18.2 Å². The number of urea groups is 1. The van der Waals surface area contributed by atoms with Gasteiger partial charge < -0.3 is 26.6 Å². The third-order valence-corrected chi connectivity index (χ3v) is 2.58. The van der Waals surface area contributed by atoms with Gasteiger partial charge in [0.15, 0.2) is 0 Å². The lowest BCUT2D eigenvalue weighted by atomic mass is 10.2. The van der Waals surface area contributed by atoms with Gasteiger partial charge >= 0.3 is 18.0 Å². The Kier molecular flexibility index (Phi) is 5.30. The molecule has 0 aliphatic heterocycles. The summed E-state index contributed by atoms with van der Waals surface area (Å²) in [4.78, 5) is 32.8. The number of amides is 2. The number of anilines is 1. The van der Waals surface area contributed by atoms with E-state index in [-0.39, 0.29) is 22.8 Å². The quantitative estimate of drug-likeness (QED) is 0.538. The highest BCUT2D eigenvalue weighted by Gasteiger charge is 2.14. The molecule has 0 saturated heterocycles. The Morgan fingerprint density at radius 3 is 2.50 bits per heavy atom. The van der Waals surface area contributed by atoms with Crippen LogP contribution >= 0.6 is 11.6 Å². The molecule has 20 heavy (non-hydrogen) atoms. The number of carbonyl (C=O) groups excluding carboxylic acids is 1. The van der Waals surface area contributed by atoms with Crippen LogP contribution in [-0.2, 0) is 4.79 Å². The summed E-state index contributed by atoms with van der Waals surface area (Å²) in [7, 11) is 0. The van der Waals surface area contributed by atoms with Crippen molar-refractivity contribution in [3.63, 3.8) is 0 Å². The van der Waals surface area contributed by atoms with Gasteiger partial charge in [-0.25, -0.2) is 9.59 Å². The van der Waals surface area contributed by atoms with Crippen LogP contribution in [0.2, 0.25) is 5.02 Å². The Morgan fingerprint density at radius 2 is 1.95 bits per heavy atom. The molecule has 6 N–H and O–H groups in total. The van der Waals surface area contributed by atoms with Gasteiger partial charge in [0.05, 0.1) is 10.6 Å². The monoisotopic (exact) mass is 301 g/mol. The van der Waals surface area contributed by atoms with Crippen molar-refractivity contribution in [1.29, 1.82) is 0 Å². The van der Waals surface area contributed by atoms with Crippen LogP contribution in [0.25, 0.3) is 0 Å². The Bertz CT molecular complexity index is 549. The first-order chi connectivity index (χ1) is 9.31. The number of carbonyl (C=O) groups is 3. The van der Waals surface area contributed by atoms with Crippen LogP contribution in [0.3, 0.4) is 0 Å². The van der Waals surface area contributed by atoms with Crippen LogP contribution in [0.5, 0.6) is 0 Å². The predicted octanol–water partition coefficient (Wildman–Crippen LogP) is 0.572. The molecule has 0 aliphatic rings. The first-order valence-corrected chi connectivity index (χ1v) is 5.75. The summed E-state index contributed by atoms with van der Waals surface area (Å²) in [6.07, 6.45) is 0. The van der Waals surface area contributed by atoms with Crippen molar-refractivity contribution in [3.8, 4) is 0 Å². The Morgan fingerprint density at radius 1 is 1.30 bits per heavy atom. The van der Waals surface area contributed by atoms with Crippen molar-refractivity contribution >= 4 is 35.3 Å². The average Bonchev–Trinajstić information content (AvgIpc) is 2.37. The molecular weight excluding hydrogens is 290 g/mol. The molecular formula is C11H12ClN3O5. The third-order valence-electron chi connectivity index (χ3n) is 2.25. The van der Waals surface area contributed by atoms with Crippen LogP contribution in [0.4, 0.5) is 10.5 Å². The number of benzene rings is 1. The molecule has 0 aliphatic carbocycles. The molecule has 0 aromatic heterocycles. The number of carboxylic acid groups (broad SMARTS) is 2. The maximum Gasteiger partial charge on any atom is 0.337 e. The lowest BCUT2D eigenvalue weighted by Gasteiger charge is -2.10. The number of hydrogen-bond acceptors (Lipinski definition) is 4. The summed E-state index contributed by atoms with van der Waals surface area (Å²) in [5.41, 5.74) is 5.25. The Balaban J connectivity index is 2.65. The summed E-state index contributed by atoms with van der Waals surface area (Å²) < 4.78 is 0. The molecule has 1 aromatic rings. The molecule has 0 radical (unpaired) electrons. The highest BCUT2D eigenvalue weighted by Crippen LogP contribution is 2.20. The van der Waals surface area contributed by atoms with E-state index >= 15 is 0 Å². The molecule has 1 rings (SSSR count). The number of nitrogens with two attached hydrogens (primary N) is 1. The van der Waals surface area contributed by atoms with Crippen LogP contribution in [0.15, 0.2) is 18.2 Å². The molecule has 108 valence electrons. The predicted molar refractivity (Wildman–Crippen MR) is 71.0 cm³/mol. The number of halogens is 1. The summed E-state index contributed by atoms with van der Waals surface area (Å²) in [6.45, 7) is -0.263. The topological polar surface area (TPSA) is 142 Å². The van der Waals surface area contributed by atoms with Gasteiger partial charge in [-0.3, -0.25) is 4.79 Å². The van der Waals surface area contributed by atoms with E-state index in [9.17, 15) is 14.4 Å². The van der Waals surface area contributed by atoms with Crippen molar-refractivity contribution in [2.24, 2.45) is 5.73 Å². The van der Waals surface area contributed by atoms with Gasteiger partial charge in [-0.15, -0.1) is 0 Å². The summed E-state index contributed by atoms with van der Waals surface area (Å²) in [5, 5.41) is 22.0. The zero-order chi connectivity index (χ0) is 15.3. The minimum Gasteiger partial charge on any atom is -0.480 e.